The number of methoxy groups -OCH3 is 4. The first-order chi connectivity index (χ1) is 14.0. The molecule has 3 aromatic rings. The number of nitrogens with one attached hydrogen (secondary N) is 1. The van der Waals surface area contributed by atoms with Crippen molar-refractivity contribution in [2.45, 2.75) is 6.54 Å². The molecule has 0 atom stereocenters. The summed E-state index contributed by atoms with van der Waals surface area (Å²) in [6, 6.07) is 9.99. The Morgan fingerprint density at radius 3 is 2.21 bits per heavy atom. The quantitative estimate of drug-likeness (QED) is 0.610. The fourth-order valence-electron chi connectivity index (χ4n) is 2.94. The summed E-state index contributed by atoms with van der Waals surface area (Å²) in [5.41, 5.74) is 0.0902. The van der Waals surface area contributed by atoms with Gasteiger partial charge in [-0.3, -0.25) is 4.79 Å². The molecule has 1 aromatic heterocycles. The number of para-hydroxylation sites is 1. The lowest BCUT2D eigenvalue weighted by atomic mass is 10.1. The van der Waals surface area contributed by atoms with Gasteiger partial charge in [-0.15, -0.1) is 0 Å². The van der Waals surface area contributed by atoms with Gasteiger partial charge in [-0.05, 0) is 18.2 Å². The van der Waals surface area contributed by atoms with Gasteiger partial charge >= 0.3 is 5.63 Å². The van der Waals surface area contributed by atoms with Crippen molar-refractivity contribution in [3.8, 4) is 23.0 Å². The smallest absolute Gasteiger partial charge is 0.349 e. The Kier molecular flexibility index (Phi) is 5.92. The van der Waals surface area contributed by atoms with E-state index >= 15 is 0 Å². The minimum atomic E-state index is -0.751. The van der Waals surface area contributed by atoms with Crippen LogP contribution in [0.2, 0.25) is 0 Å². The Morgan fingerprint density at radius 2 is 1.55 bits per heavy atom. The molecule has 1 N–H and O–H groups in total. The van der Waals surface area contributed by atoms with Crippen molar-refractivity contribution < 1.29 is 28.2 Å². The number of hydrogen-bond donors (Lipinski definition) is 1. The van der Waals surface area contributed by atoms with Crippen LogP contribution in [-0.4, -0.2) is 34.3 Å². The first-order valence-corrected chi connectivity index (χ1v) is 8.70. The van der Waals surface area contributed by atoms with Gasteiger partial charge in [-0.2, -0.15) is 0 Å². The first kappa shape index (κ1) is 20.1. The average molecular weight is 399 g/mol. The zero-order valence-corrected chi connectivity index (χ0v) is 16.5. The molecule has 0 aliphatic carbocycles. The second-order valence-electron chi connectivity index (χ2n) is 6.03. The molecule has 2 aromatic carbocycles. The topological polar surface area (TPSA) is 96.2 Å². The van der Waals surface area contributed by atoms with Gasteiger partial charge in [0.05, 0.1) is 28.4 Å². The van der Waals surface area contributed by atoms with Crippen molar-refractivity contribution in [3.05, 3.63) is 57.9 Å². The largest absolute Gasteiger partial charge is 0.496 e. The number of amides is 1. The number of rotatable bonds is 7. The lowest BCUT2D eigenvalue weighted by molar-refractivity contribution is 0.0947. The third-order valence-corrected chi connectivity index (χ3v) is 4.41. The first-order valence-electron chi connectivity index (χ1n) is 8.70. The standard InChI is InChI=1S/C21H21NO7/c1-25-15-7-5-6-12-8-14(21(24)29-19(12)15)20(23)22-11-13-9-17(27-3)18(28-4)10-16(13)26-2/h5-10H,11H2,1-4H3,(H,22,23). The maximum absolute atomic E-state index is 12.6. The lowest BCUT2D eigenvalue weighted by Gasteiger charge is -2.14. The van der Waals surface area contributed by atoms with Crippen LogP contribution in [0, 0.1) is 0 Å². The van der Waals surface area contributed by atoms with Crippen LogP contribution >= 0.6 is 0 Å². The van der Waals surface area contributed by atoms with Crippen LogP contribution in [0.15, 0.2) is 45.6 Å². The van der Waals surface area contributed by atoms with Gasteiger partial charge < -0.3 is 28.7 Å². The molecule has 0 bridgehead atoms. The van der Waals surface area contributed by atoms with Crippen LogP contribution in [0.25, 0.3) is 11.0 Å². The molecule has 1 heterocycles. The summed E-state index contributed by atoms with van der Waals surface area (Å²) in [5.74, 6) is 1.36. The van der Waals surface area contributed by atoms with E-state index in [1.54, 1.807) is 30.3 Å². The van der Waals surface area contributed by atoms with Crippen molar-refractivity contribution in [2.75, 3.05) is 28.4 Å². The summed E-state index contributed by atoms with van der Waals surface area (Å²) in [5, 5.41) is 3.29. The summed E-state index contributed by atoms with van der Waals surface area (Å²) in [4.78, 5) is 24.9. The van der Waals surface area contributed by atoms with Crippen LogP contribution in [0.5, 0.6) is 23.0 Å². The summed E-state index contributed by atoms with van der Waals surface area (Å²) in [6.07, 6.45) is 0. The molecule has 29 heavy (non-hydrogen) atoms. The van der Waals surface area contributed by atoms with Crippen molar-refractivity contribution in [1.82, 2.24) is 5.32 Å². The van der Waals surface area contributed by atoms with Crippen LogP contribution in [0.1, 0.15) is 15.9 Å². The molecule has 0 spiro atoms. The van der Waals surface area contributed by atoms with E-state index in [-0.39, 0.29) is 17.7 Å². The molecule has 8 heteroatoms. The van der Waals surface area contributed by atoms with Crippen LogP contribution in [0.4, 0.5) is 0 Å². The maximum atomic E-state index is 12.6. The highest BCUT2D eigenvalue weighted by atomic mass is 16.5. The molecule has 3 rings (SSSR count). The predicted octanol–water partition coefficient (Wildman–Crippen LogP) is 2.76. The summed E-state index contributed by atoms with van der Waals surface area (Å²) >= 11 is 0. The predicted molar refractivity (Wildman–Crippen MR) is 106 cm³/mol. The van der Waals surface area contributed by atoms with E-state index in [0.717, 1.165) is 0 Å². The number of fused-ring (bicyclic) bond motifs is 1. The Balaban J connectivity index is 1.88. The molecule has 8 nitrogen and oxygen atoms in total. The van der Waals surface area contributed by atoms with Gasteiger partial charge in [-0.1, -0.05) is 12.1 Å². The second kappa shape index (κ2) is 8.55. The number of benzene rings is 2. The maximum Gasteiger partial charge on any atom is 0.349 e. The van der Waals surface area contributed by atoms with E-state index in [1.165, 1.54) is 34.5 Å². The van der Waals surface area contributed by atoms with E-state index in [2.05, 4.69) is 5.32 Å². The van der Waals surface area contributed by atoms with Crippen LogP contribution < -0.4 is 29.9 Å². The highest BCUT2D eigenvalue weighted by Crippen LogP contribution is 2.34. The Morgan fingerprint density at radius 1 is 0.897 bits per heavy atom. The molecule has 0 saturated heterocycles. The molecule has 0 fully saturated rings. The summed E-state index contributed by atoms with van der Waals surface area (Å²) < 4.78 is 26.4. The van der Waals surface area contributed by atoms with Gasteiger partial charge in [0.25, 0.3) is 5.91 Å². The molecule has 0 radical (unpaired) electrons. The zero-order valence-electron chi connectivity index (χ0n) is 16.5. The van der Waals surface area contributed by atoms with Gasteiger partial charge in [0.15, 0.2) is 22.8 Å². The van der Waals surface area contributed by atoms with E-state index in [1.807, 2.05) is 0 Å². The van der Waals surface area contributed by atoms with Gasteiger partial charge in [-0.25, -0.2) is 4.79 Å². The van der Waals surface area contributed by atoms with Crippen molar-refractivity contribution >= 4 is 16.9 Å². The normalized spacial score (nSPS) is 10.5. The summed E-state index contributed by atoms with van der Waals surface area (Å²) in [6.45, 7) is 0.109. The highest BCUT2D eigenvalue weighted by molar-refractivity contribution is 5.97. The van der Waals surface area contributed by atoms with Gasteiger partial charge in [0.1, 0.15) is 11.3 Å². The molecule has 1 amide bonds. The molecular weight excluding hydrogens is 378 g/mol. The minimum absolute atomic E-state index is 0.106. The average Bonchev–Trinajstić information content (AvgIpc) is 2.75. The Labute approximate surface area is 166 Å². The van der Waals surface area contributed by atoms with E-state index in [4.69, 9.17) is 23.4 Å². The van der Waals surface area contributed by atoms with Crippen molar-refractivity contribution in [1.29, 1.82) is 0 Å². The number of ether oxygens (including phenoxy) is 4. The third kappa shape index (κ3) is 3.96. The van der Waals surface area contributed by atoms with Crippen LogP contribution in [0.3, 0.4) is 0 Å². The third-order valence-electron chi connectivity index (χ3n) is 4.41. The minimum Gasteiger partial charge on any atom is -0.496 e. The summed E-state index contributed by atoms with van der Waals surface area (Å²) in [7, 11) is 6.03. The fourth-order valence-corrected chi connectivity index (χ4v) is 2.94. The zero-order chi connectivity index (χ0) is 21.0. The molecule has 152 valence electrons. The lowest BCUT2D eigenvalue weighted by Crippen LogP contribution is -2.28. The highest BCUT2D eigenvalue weighted by Gasteiger charge is 2.17. The van der Waals surface area contributed by atoms with Crippen molar-refractivity contribution in [2.24, 2.45) is 0 Å². The molecule has 0 aliphatic rings. The SMILES string of the molecule is COc1cc(OC)c(OC)cc1CNC(=O)c1cc2cccc(OC)c2oc1=O. The second-order valence-corrected chi connectivity index (χ2v) is 6.03. The van der Waals surface area contributed by atoms with Gasteiger partial charge in [0, 0.05) is 23.6 Å². The van der Waals surface area contributed by atoms with Crippen molar-refractivity contribution in [3.63, 3.8) is 0 Å². The van der Waals surface area contributed by atoms with E-state index in [9.17, 15) is 9.59 Å². The van der Waals surface area contributed by atoms with E-state index in [0.29, 0.717) is 33.9 Å². The molecular formula is C21H21NO7. The monoisotopic (exact) mass is 399 g/mol. The van der Waals surface area contributed by atoms with Gasteiger partial charge in [0.2, 0.25) is 0 Å². The number of carbonyl (C=O) groups is 1. The molecule has 0 saturated carbocycles. The Hall–Kier alpha value is -3.68. The molecule has 0 unspecified atom stereocenters. The Bertz CT molecular complexity index is 1100. The van der Waals surface area contributed by atoms with E-state index < -0.39 is 11.5 Å². The number of hydrogen-bond acceptors (Lipinski definition) is 7. The number of carbonyl (C=O) groups excluding carboxylic acids is 1. The molecule has 0 aliphatic heterocycles. The van der Waals surface area contributed by atoms with Crippen LogP contribution in [-0.2, 0) is 6.54 Å². The fraction of sp³-hybridized carbons (Fsp3) is 0.238.